The van der Waals surface area contributed by atoms with Gasteiger partial charge in [-0.05, 0) is 68.1 Å². The van der Waals surface area contributed by atoms with Crippen LogP contribution in [0.15, 0.2) is 65.3 Å². The van der Waals surface area contributed by atoms with Crippen LogP contribution in [0.5, 0.6) is 0 Å². The van der Waals surface area contributed by atoms with Gasteiger partial charge in [-0.25, -0.2) is 0 Å². The molecule has 1 N–H and O–H groups in total. The third-order valence-corrected chi connectivity index (χ3v) is 5.34. The van der Waals surface area contributed by atoms with E-state index in [9.17, 15) is 9.59 Å². The minimum Gasteiger partial charge on any atom is -0.467 e. The average molecular weight is 402 g/mol. The van der Waals surface area contributed by atoms with Crippen molar-refractivity contribution in [3.63, 3.8) is 0 Å². The molecule has 154 valence electrons. The molecule has 0 radical (unpaired) electrons. The van der Waals surface area contributed by atoms with Crippen LogP contribution in [0, 0.1) is 13.8 Å². The first-order chi connectivity index (χ1) is 14.5. The molecule has 1 heterocycles. The monoisotopic (exact) mass is 402 g/mol. The predicted octanol–water partition coefficient (Wildman–Crippen LogP) is 4.63. The largest absolute Gasteiger partial charge is 0.467 e. The minimum atomic E-state index is -0.0389. The van der Waals surface area contributed by atoms with Gasteiger partial charge in [0.1, 0.15) is 5.76 Å². The quantitative estimate of drug-likeness (QED) is 0.627. The molecule has 0 spiro atoms. The van der Waals surface area contributed by atoms with Crippen molar-refractivity contribution >= 4 is 11.8 Å². The molecule has 30 heavy (non-hydrogen) atoms. The Morgan fingerprint density at radius 2 is 1.80 bits per heavy atom. The zero-order valence-corrected chi connectivity index (χ0v) is 17.4. The van der Waals surface area contributed by atoms with E-state index in [1.165, 1.54) is 0 Å². The normalized spacial score (nSPS) is 13.1. The number of carbonyl (C=O) groups excluding carboxylic acids is 2. The highest BCUT2D eigenvalue weighted by molar-refractivity contribution is 5.96. The molecule has 4 rings (SSSR count). The first-order valence-electron chi connectivity index (χ1n) is 10.3. The van der Waals surface area contributed by atoms with Gasteiger partial charge in [-0.3, -0.25) is 9.59 Å². The van der Waals surface area contributed by atoms with Gasteiger partial charge in [0.15, 0.2) is 0 Å². The second-order valence-electron chi connectivity index (χ2n) is 8.00. The third kappa shape index (κ3) is 4.79. The van der Waals surface area contributed by atoms with Gasteiger partial charge in [0.2, 0.25) is 0 Å². The maximum Gasteiger partial charge on any atom is 0.254 e. The molecule has 2 aromatic carbocycles. The second-order valence-corrected chi connectivity index (χ2v) is 8.00. The van der Waals surface area contributed by atoms with Crippen molar-refractivity contribution in [3.8, 4) is 0 Å². The number of hydrogen-bond donors (Lipinski definition) is 1. The number of carbonyl (C=O) groups is 2. The summed E-state index contributed by atoms with van der Waals surface area (Å²) in [5, 5.41) is 3.00. The Balaban J connectivity index is 1.54. The van der Waals surface area contributed by atoms with Crippen LogP contribution in [0.25, 0.3) is 0 Å². The average Bonchev–Trinajstić information content (AvgIpc) is 3.40. The highest BCUT2D eigenvalue weighted by Gasteiger charge is 2.24. The molecule has 5 heteroatoms. The summed E-state index contributed by atoms with van der Waals surface area (Å²) >= 11 is 0. The van der Waals surface area contributed by atoms with Crippen molar-refractivity contribution in [3.05, 3.63) is 94.4 Å². The molecule has 0 aliphatic heterocycles. The Hall–Kier alpha value is -3.34. The fourth-order valence-electron chi connectivity index (χ4n) is 3.41. The standard InChI is InChI=1S/C25H26N2O3/c1-17-5-6-18(2)23(14-17)25(29)27(16-22-4-3-13-30-22)15-19-7-9-20(10-8-19)24(28)26-21-11-12-21/h3-10,13-14,21H,11-12,15-16H2,1-2H3,(H,26,28). The number of rotatable bonds is 7. The van der Waals surface area contributed by atoms with Crippen LogP contribution in [0.1, 0.15) is 56.0 Å². The van der Waals surface area contributed by atoms with Gasteiger partial charge in [-0.2, -0.15) is 0 Å². The number of amides is 2. The first kappa shape index (κ1) is 20.0. The lowest BCUT2D eigenvalue weighted by molar-refractivity contribution is 0.0716. The zero-order valence-electron chi connectivity index (χ0n) is 17.4. The number of aryl methyl sites for hydroxylation is 2. The molecule has 3 aromatic rings. The molecule has 0 bridgehead atoms. The van der Waals surface area contributed by atoms with E-state index in [0.717, 1.165) is 35.3 Å². The smallest absolute Gasteiger partial charge is 0.254 e. The van der Waals surface area contributed by atoms with Gasteiger partial charge in [0.25, 0.3) is 11.8 Å². The van der Waals surface area contributed by atoms with Crippen LogP contribution < -0.4 is 5.32 Å². The van der Waals surface area contributed by atoms with Gasteiger partial charge < -0.3 is 14.6 Å². The van der Waals surface area contributed by atoms with Crippen molar-refractivity contribution in [1.29, 1.82) is 0 Å². The van der Waals surface area contributed by atoms with Gasteiger partial charge in [-0.1, -0.05) is 29.8 Å². The van der Waals surface area contributed by atoms with Gasteiger partial charge in [0, 0.05) is 23.7 Å². The van der Waals surface area contributed by atoms with E-state index in [0.29, 0.717) is 30.3 Å². The molecular formula is C25H26N2O3. The number of nitrogens with zero attached hydrogens (tertiary/aromatic N) is 1. The van der Waals surface area contributed by atoms with E-state index >= 15 is 0 Å². The van der Waals surface area contributed by atoms with Crippen molar-refractivity contribution < 1.29 is 14.0 Å². The third-order valence-electron chi connectivity index (χ3n) is 5.34. The lowest BCUT2D eigenvalue weighted by Crippen LogP contribution is -2.30. The molecule has 1 aromatic heterocycles. The summed E-state index contributed by atoms with van der Waals surface area (Å²) in [5.41, 5.74) is 4.30. The Kier molecular flexibility index (Phi) is 5.70. The fraction of sp³-hybridized carbons (Fsp3) is 0.280. The SMILES string of the molecule is Cc1ccc(C)c(C(=O)N(Cc2ccc(C(=O)NC3CC3)cc2)Cc2ccco2)c1. The van der Waals surface area contributed by atoms with E-state index in [2.05, 4.69) is 5.32 Å². The first-order valence-corrected chi connectivity index (χ1v) is 10.3. The summed E-state index contributed by atoms with van der Waals surface area (Å²) in [5.74, 6) is 0.653. The van der Waals surface area contributed by atoms with E-state index < -0.39 is 0 Å². The highest BCUT2D eigenvalue weighted by Crippen LogP contribution is 2.21. The molecule has 0 saturated heterocycles. The molecule has 0 unspecified atom stereocenters. The summed E-state index contributed by atoms with van der Waals surface area (Å²) in [4.78, 5) is 27.4. The fourth-order valence-corrected chi connectivity index (χ4v) is 3.41. The lowest BCUT2D eigenvalue weighted by atomic mass is 10.0. The van der Waals surface area contributed by atoms with Crippen LogP contribution in [0.4, 0.5) is 0 Å². The van der Waals surface area contributed by atoms with E-state index in [-0.39, 0.29) is 11.8 Å². The number of nitrogens with one attached hydrogen (secondary N) is 1. The zero-order chi connectivity index (χ0) is 21.1. The number of benzene rings is 2. The Morgan fingerprint density at radius 3 is 2.47 bits per heavy atom. The van der Waals surface area contributed by atoms with Crippen LogP contribution in [0.2, 0.25) is 0 Å². The van der Waals surface area contributed by atoms with Crippen LogP contribution in [-0.4, -0.2) is 22.8 Å². The molecule has 1 aliphatic rings. The van der Waals surface area contributed by atoms with Crippen molar-refractivity contribution in [2.45, 2.75) is 45.8 Å². The Labute approximate surface area is 176 Å². The Bertz CT molecular complexity index is 1030. The molecule has 1 saturated carbocycles. The Morgan fingerprint density at radius 1 is 1.03 bits per heavy atom. The second kappa shape index (κ2) is 8.57. The maximum absolute atomic E-state index is 13.4. The molecule has 1 aliphatic carbocycles. The van der Waals surface area contributed by atoms with E-state index in [1.807, 2.05) is 68.4 Å². The van der Waals surface area contributed by atoms with Crippen molar-refractivity contribution in [2.75, 3.05) is 0 Å². The molecule has 5 nitrogen and oxygen atoms in total. The molecule has 0 atom stereocenters. The van der Waals surface area contributed by atoms with Crippen molar-refractivity contribution in [1.82, 2.24) is 10.2 Å². The van der Waals surface area contributed by atoms with Gasteiger partial charge in [-0.15, -0.1) is 0 Å². The van der Waals surface area contributed by atoms with Gasteiger partial charge >= 0.3 is 0 Å². The maximum atomic E-state index is 13.4. The van der Waals surface area contributed by atoms with Gasteiger partial charge in [0.05, 0.1) is 12.8 Å². The van der Waals surface area contributed by atoms with Crippen molar-refractivity contribution in [2.24, 2.45) is 0 Å². The van der Waals surface area contributed by atoms with Crippen LogP contribution in [-0.2, 0) is 13.1 Å². The highest BCUT2D eigenvalue weighted by atomic mass is 16.3. The van der Waals surface area contributed by atoms with Crippen LogP contribution in [0.3, 0.4) is 0 Å². The van der Waals surface area contributed by atoms with E-state index in [1.54, 1.807) is 11.2 Å². The van der Waals surface area contributed by atoms with Crippen LogP contribution >= 0.6 is 0 Å². The lowest BCUT2D eigenvalue weighted by Gasteiger charge is -2.23. The predicted molar refractivity (Wildman–Crippen MR) is 115 cm³/mol. The summed E-state index contributed by atoms with van der Waals surface area (Å²) in [6.45, 7) is 4.74. The number of furan rings is 1. The molecular weight excluding hydrogens is 376 g/mol. The summed E-state index contributed by atoms with van der Waals surface area (Å²) in [7, 11) is 0. The molecule has 2 amide bonds. The van der Waals surface area contributed by atoms with E-state index in [4.69, 9.17) is 4.42 Å². The topological polar surface area (TPSA) is 62.6 Å². The summed E-state index contributed by atoms with van der Waals surface area (Å²) in [6, 6.07) is 17.4. The molecule has 1 fully saturated rings. The number of hydrogen-bond acceptors (Lipinski definition) is 3. The summed E-state index contributed by atoms with van der Waals surface area (Å²) < 4.78 is 5.49. The minimum absolute atomic E-state index is 0.0387. The summed E-state index contributed by atoms with van der Waals surface area (Å²) in [6.07, 6.45) is 3.74.